The summed E-state index contributed by atoms with van der Waals surface area (Å²) in [7, 11) is 1.50. The lowest BCUT2D eigenvalue weighted by molar-refractivity contribution is -0.384. The van der Waals surface area contributed by atoms with Crippen molar-refractivity contribution in [3.8, 4) is 34.5 Å². The lowest BCUT2D eigenvalue weighted by Crippen LogP contribution is -2.70. The Morgan fingerprint density at radius 1 is 0.946 bits per heavy atom. The first-order chi connectivity index (χ1) is 36.2. The van der Waals surface area contributed by atoms with E-state index in [1.54, 1.807) is 53.5 Å². The smallest absolute Gasteiger partial charge is 0.269 e. The Labute approximate surface area is 430 Å². The normalized spacial score (nSPS) is 24.0. The molecule has 7 atom stereocenters. The van der Waals surface area contributed by atoms with Crippen molar-refractivity contribution in [3.05, 3.63) is 142 Å². The number of unbranched alkanes of at least 4 members (excludes halogenated alkanes) is 2. The van der Waals surface area contributed by atoms with Gasteiger partial charge in [0.05, 0.1) is 42.4 Å². The fourth-order valence-electron chi connectivity index (χ4n) is 11.2. The number of hydrogen-bond donors (Lipinski definition) is 2. The number of nitro benzene ring substituents is 1. The molecule has 2 N–H and O–H groups in total. The van der Waals surface area contributed by atoms with Crippen LogP contribution in [0, 0.1) is 27.9 Å². The predicted molar refractivity (Wildman–Crippen MR) is 273 cm³/mol. The molecular formula is C57H63N3O14. The van der Waals surface area contributed by atoms with Gasteiger partial charge in [-0.2, -0.15) is 0 Å². The van der Waals surface area contributed by atoms with Crippen molar-refractivity contribution >= 4 is 29.7 Å². The Morgan fingerprint density at radius 3 is 2.46 bits per heavy atom. The molecule has 4 aromatic rings. The second-order valence-corrected chi connectivity index (χ2v) is 19.1. The molecule has 0 spiro atoms. The van der Waals surface area contributed by atoms with E-state index in [9.17, 15) is 25.1 Å². The second kappa shape index (κ2) is 23.9. The van der Waals surface area contributed by atoms with Gasteiger partial charge >= 0.3 is 0 Å². The monoisotopic (exact) mass is 1010 g/mol. The van der Waals surface area contributed by atoms with Crippen LogP contribution in [-0.4, -0.2) is 96.4 Å². The van der Waals surface area contributed by atoms with E-state index in [2.05, 4.69) is 12.7 Å². The Bertz CT molecular complexity index is 2750. The van der Waals surface area contributed by atoms with Gasteiger partial charge < -0.3 is 53.1 Å². The van der Waals surface area contributed by atoms with E-state index in [0.29, 0.717) is 96.3 Å². The third-order valence-electron chi connectivity index (χ3n) is 14.6. The first-order valence-electron chi connectivity index (χ1n) is 25.5. The Kier molecular flexibility index (Phi) is 16.7. The number of aliphatic hydroxyl groups excluding tert-OH is 2. The van der Waals surface area contributed by atoms with Gasteiger partial charge in [-0.05, 0) is 134 Å². The molecular weight excluding hydrogens is 951 g/mol. The van der Waals surface area contributed by atoms with E-state index in [-0.39, 0.29) is 63.0 Å². The van der Waals surface area contributed by atoms with Crippen molar-refractivity contribution in [2.45, 2.75) is 94.8 Å². The van der Waals surface area contributed by atoms with Crippen LogP contribution in [0.25, 0.3) is 6.08 Å². The minimum Gasteiger partial charge on any atom is -0.496 e. The standard InChI is InChI=1S/C57H63N3O14/c1-3-27-71-57-52(59(34-38-15-21-50-51(29-38)70-36-69-50)53(64)24-16-37-13-17-41(18-14-37)60(65)66)33-47(58-74-54-12-6-9-28-68-54)45-31-39(10-4-7-25-61)44(11-5-8-26-62)55(56(45)57)46-32-43(20-23-49(46)73-57)72-42-19-22-48(67-2)40(30-42)35-63/h3,13-24,29-32,35,39,44,52,54-56,61-62H,1,4-12,25-28,33-34,36H2,2H3. The number of fused-ring (bicyclic) bond motifs is 3. The summed E-state index contributed by atoms with van der Waals surface area (Å²) in [6, 6.07) is 21.3. The lowest BCUT2D eigenvalue weighted by atomic mass is 9.55. The molecule has 1 saturated heterocycles. The van der Waals surface area contributed by atoms with E-state index in [1.807, 2.05) is 30.3 Å². The highest BCUT2D eigenvalue weighted by atomic mass is 16.8. The summed E-state index contributed by atoms with van der Waals surface area (Å²) in [4.78, 5) is 46.6. The third kappa shape index (κ3) is 11.2. The molecule has 3 aliphatic heterocycles. The molecule has 74 heavy (non-hydrogen) atoms. The van der Waals surface area contributed by atoms with Crippen molar-refractivity contribution in [2.24, 2.45) is 22.9 Å². The average Bonchev–Trinajstić information content (AvgIpc) is 3.90. The number of hydrogen-bond acceptors (Lipinski definition) is 15. The molecule has 9 rings (SSSR count). The number of amides is 1. The Balaban J connectivity index is 1.24. The van der Waals surface area contributed by atoms with Crippen molar-refractivity contribution < 1.29 is 62.7 Å². The molecule has 1 saturated carbocycles. The summed E-state index contributed by atoms with van der Waals surface area (Å²) in [6.07, 6.45) is 13.8. The number of oxime groups is 1. The van der Waals surface area contributed by atoms with E-state index in [4.69, 9.17) is 43.2 Å². The van der Waals surface area contributed by atoms with E-state index >= 15 is 4.79 Å². The van der Waals surface area contributed by atoms with Crippen LogP contribution in [0.3, 0.4) is 0 Å². The number of nitrogens with zero attached hydrogens (tertiary/aromatic N) is 3. The van der Waals surface area contributed by atoms with Gasteiger partial charge in [0.25, 0.3) is 5.69 Å². The molecule has 2 fully saturated rings. The highest BCUT2D eigenvalue weighted by molar-refractivity contribution is 6.03. The first kappa shape index (κ1) is 51.8. The summed E-state index contributed by atoms with van der Waals surface area (Å²) in [5.74, 6) is -0.174. The molecule has 0 aromatic heterocycles. The predicted octanol–water partition coefficient (Wildman–Crippen LogP) is 9.84. The summed E-state index contributed by atoms with van der Waals surface area (Å²) >= 11 is 0. The van der Waals surface area contributed by atoms with Crippen LogP contribution in [0.1, 0.15) is 97.2 Å². The fourth-order valence-corrected chi connectivity index (χ4v) is 11.2. The van der Waals surface area contributed by atoms with Crippen LogP contribution in [0.2, 0.25) is 0 Å². The van der Waals surface area contributed by atoms with Gasteiger partial charge in [0.15, 0.2) is 17.8 Å². The van der Waals surface area contributed by atoms with E-state index in [1.165, 1.54) is 25.3 Å². The van der Waals surface area contributed by atoms with Crippen LogP contribution >= 0.6 is 0 Å². The summed E-state index contributed by atoms with van der Waals surface area (Å²) in [5, 5.41) is 36.7. The van der Waals surface area contributed by atoms with Gasteiger partial charge in [0.1, 0.15) is 29.0 Å². The first-order valence-corrected chi connectivity index (χ1v) is 25.5. The molecule has 390 valence electrons. The maximum Gasteiger partial charge on any atom is 0.269 e. The number of aliphatic hydroxyl groups is 2. The van der Waals surface area contributed by atoms with E-state index in [0.717, 1.165) is 42.4 Å². The van der Waals surface area contributed by atoms with Gasteiger partial charge in [0.2, 0.25) is 24.8 Å². The molecule has 17 heteroatoms. The average molecular weight is 1010 g/mol. The lowest BCUT2D eigenvalue weighted by Gasteiger charge is -2.60. The van der Waals surface area contributed by atoms with Gasteiger partial charge in [-0.1, -0.05) is 36.2 Å². The maximum absolute atomic E-state index is 15.4. The zero-order valence-electron chi connectivity index (χ0n) is 41.5. The molecule has 0 bridgehead atoms. The minimum absolute atomic E-state index is 0.0234. The Hall–Kier alpha value is -7.05. The topological polar surface area (TPSA) is 207 Å². The second-order valence-electron chi connectivity index (χ2n) is 19.1. The molecule has 1 amide bonds. The van der Waals surface area contributed by atoms with Gasteiger partial charge in [-0.3, -0.25) is 19.7 Å². The number of methoxy groups -OCH3 is 1. The van der Waals surface area contributed by atoms with Crippen LogP contribution in [0.4, 0.5) is 5.69 Å². The summed E-state index contributed by atoms with van der Waals surface area (Å²) in [5.41, 5.74) is 3.84. The SMILES string of the molecule is C=CCOC12Oc3ccc(Oc4ccc(OC)c(C=O)c4)cc3C3C(CCCCO)C(CCCCO)C=C(C(=NOC4CCCCO4)CC1N(Cc1ccc4c(c1)OCO4)C(=O)C=Cc1ccc([N+](=O)[O-])cc1)C32. The number of carbonyl (C=O) groups is 2. The van der Waals surface area contributed by atoms with Crippen molar-refractivity contribution in [1.82, 2.24) is 4.90 Å². The highest BCUT2D eigenvalue weighted by Gasteiger charge is 2.65. The number of rotatable bonds is 23. The van der Waals surface area contributed by atoms with Crippen molar-refractivity contribution in [2.75, 3.05) is 40.3 Å². The summed E-state index contributed by atoms with van der Waals surface area (Å²) < 4.78 is 44.2. The summed E-state index contributed by atoms with van der Waals surface area (Å²) in [6.45, 7) is 4.83. The number of carbonyl (C=O) groups excluding carboxylic acids is 2. The highest BCUT2D eigenvalue weighted by Crippen LogP contribution is 2.62. The molecule has 2 aliphatic carbocycles. The van der Waals surface area contributed by atoms with Crippen LogP contribution < -0.4 is 23.7 Å². The van der Waals surface area contributed by atoms with Crippen molar-refractivity contribution in [3.63, 3.8) is 0 Å². The van der Waals surface area contributed by atoms with Gasteiger partial charge in [-0.25, -0.2) is 0 Å². The minimum atomic E-state index is -1.60. The largest absolute Gasteiger partial charge is 0.496 e. The maximum atomic E-state index is 15.4. The zero-order chi connectivity index (χ0) is 51.6. The molecule has 4 aromatic carbocycles. The zero-order valence-corrected chi connectivity index (χ0v) is 41.5. The third-order valence-corrected chi connectivity index (χ3v) is 14.6. The van der Waals surface area contributed by atoms with Crippen LogP contribution in [-0.2, 0) is 25.7 Å². The number of allylic oxidation sites excluding steroid dienone is 1. The van der Waals surface area contributed by atoms with Crippen molar-refractivity contribution in [1.29, 1.82) is 0 Å². The molecule has 0 radical (unpaired) electrons. The van der Waals surface area contributed by atoms with Gasteiger partial charge in [-0.15, -0.1) is 6.58 Å². The number of nitro groups is 1. The Morgan fingerprint density at radius 2 is 1.72 bits per heavy atom. The van der Waals surface area contributed by atoms with Crippen LogP contribution in [0.15, 0.2) is 114 Å². The fraction of sp³-hybridized carbons (Fsp3) is 0.421. The molecule has 7 unspecified atom stereocenters. The van der Waals surface area contributed by atoms with E-state index < -0.39 is 34.9 Å². The number of non-ortho nitro benzene ring substituents is 1. The number of aldehydes is 1. The molecule has 17 nitrogen and oxygen atoms in total. The molecule has 5 aliphatic rings. The van der Waals surface area contributed by atoms with Crippen LogP contribution in [0.5, 0.6) is 34.5 Å². The number of benzene rings is 4. The van der Waals surface area contributed by atoms with Gasteiger partial charge in [0, 0.05) is 62.3 Å². The molecule has 3 heterocycles. The quantitative estimate of drug-likeness (QED) is 0.0177. The number of ether oxygens (including phenoxy) is 7.